The zero-order valence-corrected chi connectivity index (χ0v) is 15.3. The summed E-state index contributed by atoms with van der Waals surface area (Å²) in [5, 5.41) is 3.14. The smallest absolute Gasteiger partial charge is 0.351 e. The third-order valence-corrected chi connectivity index (χ3v) is 5.72. The van der Waals surface area contributed by atoms with Crippen LogP contribution < -0.4 is 5.32 Å². The fourth-order valence-corrected chi connectivity index (χ4v) is 3.33. The van der Waals surface area contributed by atoms with Crippen molar-refractivity contribution >= 4 is 25.4 Å². The minimum Gasteiger partial charge on any atom is -0.372 e. The first-order valence-electron chi connectivity index (χ1n) is 7.66. The molecule has 1 N–H and O–H groups in total. The average Bonchev–Trinajstić information content (AvgIpc) is 2.60. The van der Waals surface area contributed by atoms with Crippen molar-refractivity contribution < 1.29 is 13.6 Å². The molecule has 1 heterocycles. The quantitative estimate of drug-likeness (QED) is 0.730. The number of rotatable bonds is 7. The molecule has 0 aliphatic carbocycles. The zero-order chi connectivity index (χ0) is 17.6. The monoisotopic (exact) mass is 346 g/mol. The Hall–Kier alpha value is -1.94. The lowest BCUT2D eigenvalue weighted by Gasteiger charge is -2.22. The molecule has 1 unspecified atom stereocenters. The predicted octanol–water partition coefficient (Wildman–Crippen LogP) is 4.80. The molecule has 2 aromatic rings. The van der Waals surface area contributed by atoms with Crippen LogP contribution in [0.1, 0.15) is 23.9 Å². The Morgan fingerprint density at radius 3 is 2.33 bits per heavy atom. The number of nitrogens with zero attached hydrogens (tertiary/aromatic N) is 1. The summed E-state index contributed by atoms with van der Waals surface area (Å²) in [5.41, 5.74) is 3.82. The highest BCUT2D eigenvalue weighted by molar-refractivity contribution is 7.54. The van der Waals surface area contributed by atoms with Crippen molar-refractivity contribution in [3.05, 3.63) is 59.4 Å². The van der Waals surface area contributed by atoms with Gasteiger partial charge in [0.1, 0.15) is 5.78 Å². The molecule has 1 aromatic heterocycles. The van der Waals surface area contributed by atoms with Gasteiger partial charge in [-0.3, -0.25) is 9.55 Å². The molecule has 0 saturated heterocycles. The normalized spacial score (nSPS) is 13.2. The Bertz CT molecular complexity index is 736. The Morgan fingerprint density at radius 2 is 1.75 bits per heavy atom. The molecule has 0 saturated carbocycles. The van der Waals surface area contributed by atoms with Crippen LogP contribution in [0.3, 0.4) is 0 Å². The molecule has 0 aliphatic heterocycles. The van der Waals surface area contributed by atoms with E-state index in [0.717, 1.165) is 22.6 Å². The Kier molecular flexibility index (Phi) is 6.32. The summed E-state index contributed by atoms with van der Waals surface area (Å²) in [5.74, 6) is -0.439. The van der Waals surface area contributed by atoms with Crippen LogP contribution in [-0.2, 0) is 13.6 Å². The lowest BCUT2D eigenvalue weighted by atomic mass is 10.1. The second kappa shape index (κ2) is 8.25. The third kappa shape index (κ3) is 4.78. The van der Waals surface area contributed by atoms with E-state index >= 15 is 0 Å². The first-order chi connectivity index (χ1) is 11.5. The maximum Gasteiger partial charge on any atom is 0.351 e. The van der Waals surface area contributed by atoms with Gasteiger partial charge in [0.15, 0.2) is 0 Å². The first kappa shape index (κ1) is 18.4. The second-order valence-electron chi connectivity index (χ2n) is 5.38. The van der Waals surface area contributed by atoms with Gasteiger partial charge in [-0.15, -0.1) is 0 Å². The van der Waals surface area contributed by atoms with Gasteiger partial charge < -0.3 is 14.4 Å². The summed E-state index contributed by atoms with van der Waals surface area (Å²) >= 11 is 0. The molecule has 24 heavy (non-hydrogen) atoms. The van der Waals surface area contributed by atoms with Gasteiger partial charge in [-0.1, -0.05) is 24.3 Å². The van der Waals surface area contributed by atoms with E-state index in [4.69, 9.17) is 9.05 Å². The van der Waals surface area contributed by atoms with Crippen molar-refractivity contribution in [1.29, 1.82) is 0 Å². The molecule has 6 heteroatoms. The van der Waals surface area contributed by atoms with Gasteiger partial charge in [0.05, 0.1) is 5.69 Å². The van der Waals surface area contributed by atoms with Gasteiger partial charge in [-0.2, -0.15) is 0 Å². The first-order valence-corrected chi connectivity index (χ1v) is 9.27. The Morgan fingerprint density at radius 1 is 1.08 bits per heavy atom. The van der Waals surface area contributed by atoms with Crippen LogP contribution in [0.2, 0.25) is 0 Å². The molecule has 0 aliphatic rings. The Balaban J connectivity index is 2.04. The molecule has 1 atom stereocenters. The minimum atomic E-state index is -3.14. The van der Waals surface area contributed by atoms with Crippen molar-refractivity contribution in [3.63, 3.8) is 0 Å². The van der Waals surface area contributed by atoms with E-state index in [1.807, 2.05) is 61.5 Å². The molecule has 5 nitrogen and oxygen atoms in total. The number of benzene rings is 1. The lowest BCUT2D eigenvalue weighted by Crippen LogP contribution is -2.17. The number of aromatic nitrogens is 1. The molecule has 0 radical (unpaired) electrons. The maximum absolute atomic E-state index is 12.3. The van der Waals surface area contributed by atoms with E-state index in [1.54, 1.807) is 6.92 Å². The molecular formula is C18H23N2O3P. The number of hydrogen-bond donors (Lipinski definition) is 1. The van der Waals surface area contributed by atoms with Crippen LogP contribution in [-0.4, -0.2) is 25.0 Å². The summed E-state index contributed by atoms with van der Waals surface area (Å²) in [4.78, 5) is 4.43. The van der Waals surface area contributed by atoms with Crippen LogP contribution >= 0.6 is 7.60 Å². The van der Waals surface area contributed by atoms with Crippen molar-refractivity contribution in [1.82, 2.24) is 4.98 Å². The van der Waals surface area contributed by atoms with Gasteiger partial charge in [-0.05, 0) is 49.8 Å². The molecular weight excluding hydrogens is 323 g/mol. The van der Waals surface area contributed by atoms with E-state index in [1.165, 1.54) is 14.2 Å². The number of nitrogens with one attached hydrogen (secondary N) is 1. The summed E-state index contributed by atoms with van der Waals surface area (Å²) < 4.78 is 22.3. The number of pyridine rings is 1. The fourth-order valence-electron chi connectivity index (χ4n) is 2.24. The van der Waals surface area contributed by atoms with E-state index in [-0.39, 0.29) is 0 Å². The minimum absolute atomic E-state index is 0.439. The van der Waals surface area contributed by atoms with Crippen LogP contribution in [0.5, 0.6) is 0 Å². The molecule has 0 amide bonds. The standard InChI is InChI=1S/C18H23N2O3P/c1-14-6-5-7-17(19-14)11-8-16-9-12-18(13-10-16)20-15(2)24(21,22-3)23-4/h5-13,15,20H,1-4H3. The van der Waals surface area contributed by atoms with Crippen LogP contribution in [0.25, 0.3) is 12.2 Å². The number of hydrogen-bond acceptors (Lipinski definition) is 5. The highest BCUT2D eigenvalue weighted by atomic mass is 31.2. The zero-order valence-electron chi connectivity index (χ0n) is 14.4. The van der Waals surface area contributed by atoms with Gasteiger partial charge in [0, 0.05) is 25.6 Å². The van der Waals surface area contributed by atoms with Crippen LogP contribution in [0.15, 0.2) is 42.5 Å². The van der Waals surface area contributed by atoms with E-state index in [9.17, 15) is 4.57 Å². The van der Waals surface area contributed by atoms with Crippen molar-refractivity contribution in [2.24, 2.45) is 0 Å². The van der Waals surface area contributed by atoms with Gasteiger partial charge in [0.2, 0.25) is 0 Å². The summed E-state index contributed by atoms with van der Waals surface area (Å²) in [6.45, 7) is 3.74. The largest absolute Gasteiger partial charge is 0.372 e. The summed E-state index contributed by atoms with van der Waals surface area (Å²) in [7, 11) is -0.371. The van der Waals surface area contributed by atoms with Crippen LogP contribution in [0, 0.1) is 6.92 Å². The highest BCUT2D eigenvalue weighted by Crippen LogP contribution is 2.51. The lowest BCUT2D eigenvalue weighted by molar-refractivity contribution is 0.270. The van der Waals surface area contributed by atoms with E-state index in [2.05, 4.69) is 10.3 Å². The van der Waals surface area contributed by atoms with Crippen LogP contribution in [0.4, 0.5) is 5.69 Å². The summed E-state index contributed by atoms with van der Waals surface area (Å²) in [6.07, 6.45) is 3.98. The molecule has 0 bridgehead atoms. The topological polar surface area (TPSA) is 60.5 Å². The molecule has 0 fully saturated rings. The molecule has 128 valence electrons. The number of aryl methyl sites for hydroxylation is 1. The van der Waals surface area contributed by atoms with Crippen molar-refractivity contribution in [3.8, 4) is 0 Å². The maximum atomic E-state index is 12.3. The Labute approximate surface area is 143 Å². The van der Waals surface area contributed by atoms with Crippen molar-refractivity contribution in [2.75, 3.05) is 19.5 Å². The molecule has 0 spiro atoms. The van der Waals surface area contributed by atoms with Gasteiger partial charge in [-0.25, -0.2) is 0 Å². The van der Waals surface area contributed by atoms with Gasteiger partial charge in [0.25, 0.3) is 0 Å². The third-order valence-electron chi connectivity index (χ3n) is 3.63. The average molecular weight is 346 g/mol. The molecule has 1 aromatic carbocycles. The van der Waals surface area contributed by atoms with Crippen molar-refractivity contribution in [2.45, 2.75) is 19.6 Å². The SMILES string of the molecule is COP(=O)(OC)C(C)Nc1ccc(C=Cc2cccc(C)n2)cc1. The van der Waals surface area contributed by atoms with E-state index in [0.29, 0.717) is 0 Å². The molecule has 2 rings (SSSR count). The second-order valence-corrected chi connectivity index (χ2v) is 7.97. The highest BCUT2D eigenvalue weighted by Gasteiger charge is 2.29. The fraction of sp³-hybridized carbons (Fsp3) is 0.278. The van der Waals surface area contributed by atoms with Gasteiger partial charge >= 0.3 is 7.60 Å². The summed E-state index contributed by atoms with van der Waals surface area (Å²) in [6, 6.07) is 13.7. The predicted molar refractivity (Wildman–Crippen MR) is 99.1 cm³/mol. The van der Waals surface area contributed by atoms with E-state index < -0.39 is 13.4 Å². The number of anilines is 1.